The van der Waals surface area contributed by atoms with Crippen LogP contribution in [0.3, 0.4) is 0 Å². The van der Waals surface area contributed by atoms with Gasteiger partial charge in [-0.2, -0.15) is 0 Å². The minimum Gasteiger partial charge on any atom is -0.309 e. The van der Waals surface area contributed by atoms with Crippen molar-refractivity contribution in [2.45, 2.75) is 65.2 Å². The highest BCUT2D eigenvalue weighted by Crippen LogP contribution is 2.18. The van der Waals surface area contributed by atoms with Gasteiger partial charge in [0.1, 0.15) is 0 Å². The summed E-state index contributed by atoms with van der Waals surface area (Å²) in [6, 6.07) is 18.6. The van der Waals surface area contributed by atoms with E-state index in [9.17, 15) is 4.79 Å². The third-order valence-electron chi connectivity index (χ3n) is 5.10. The lowest BCUT2D eigenvalue weighted by Crippen LogP contribution is -2.30. The fourth-order valence-corrected chi connectivity index (χ4v) is 3.31. The number of anilines is 1. The van der Waals surface area contributed by atoms with Crippen LogP contribution in [0.2, 0.25) is 0 Å². The van der Waals surface area contributed by atoms with Crippen LogP contribution < -0.4 is 4.90 Å². The molecule has 2 heteroatoms. The summed E-state index contributed by atoms with van der Waals surface area (Å²) in [4.78, 5) is 14.8. The average molecular weight is 378 g/mol. The first kappa shape index (κ1) is 21.9. The van der Waals surface area contributed by atoms with E-state index in [2.05, 4.69) is 62.4 Å². The van der Waals surface area contributed by atoms with Gasteiger partial charge in [0.25, 0.3) is 0 Å². The van der Waals surface area contributed by atoms with E-state index in [0.717, 1.165) is 30.5 Å². The number of hydrogen-bond donors (Lipinski definition) is 0. The van der Waals surface area contributed by atoms with Gasteiger partial charge in [-0.05, 0) is 36.1 Å². The van der Waals surface area contributed by atoms with Crippen LogP contribution >= 0.6 is 0 Å². The molecule has 0 bridgehead atoms. The second kappa shape index (κ2) is 12.9. The highest BCUT2D eigenvalue weighted by atomic mass is 16.2. The lowest BCUT2D eigenvalue weighted by molar-refractivity contribution is -0.118. The zero-order chi connectivity index (χ0) is 20.0. The Kier molecular flexibility index (Phi) is 10.1. The Balaban J connectivity index is 1.98. The van der Waals surface area contributed by atoms with E-state index in [1.165, 1.54) is 31.2 Å². The average Bonchev–Trinajstić information content (AvgIpc) is 2.74. The Morgan fingerprint density at radius 1 is 0.857 bits per heavy atom. The Labute approximate surface area is 171 Å². The van der Waals surface area contributed by atoms with Gasteiger partial charge in [-0.15, -0.1) is 0 Å². The molecule has 0 radical (unpaired) electrons. The SMILES string of the molecule is CCCCCCCCC(=O)N(C/C=C/c1ccccc1)c1ccc(CC)cc1. The molecule has 2 rings (SSSR count). The summed E-state index contributed by atoms with van der Waals surface area (Å²) in [5.41, 5.74) is 3.45. The molecule has 0 fully saturated rings. The molecule has 0 aliphatic heterocycles. The Bertz CT molecular complexity index is 703. The van der Waals surface area contributed by atoms with Gasteiger partial charge < -0.3 is 4.90 Å². The molecule has 0 atom stereocenters. The van der Waals surface area contributed by atoms with Crippen LogP contribution in [0.25, 0.3) is 6.08 Å². The van der Waals surface area contributed by atoms with Crippen LogP contribution in [-0.2, 0) is 11.2 Å². The predicted molar refractivity (Wildman–Crippen MR) is 122 cm³/mol. The van der Waals surface area contributed by atoms with E-state index in [4.69, 9.17) is 0 Å². The molecule has 0 N–H and O–H groups in total. The molecule has 0 aromatic heterocycles. The second-order valence-electron chi connectivity index (χ2n) is 7.36. The molecule has 0 heterocycles. The maximum atomic E-state index is 12.9. The van der Waals surface area contributed by atoms with Gasteiger partial charge in [-0.3, -0.25) is 4.79 Å². The molecule has 0 saturated heterocycles. The lowest BCUT2D eigenvalue weighted by atomic mass is 10.1. The molecule has 2 nitrogen and oxygen atoms in total. The molecular weight excluding hydrogens is 342 g/mol. The van der Waals surface area contributed by atoms with E-state index in [1.54, 1.807) is 0 Å². The number of aryl methyl sites for hydroxylation is 1. The van der Waals surface area contributed by atoms with Crippen molar-refractivity contribution in [2.24, 2.45) is 0 Å². The Morgan fingerprint density at radius 3 is 2.21 bits per heavy atom. The first-order chi connectivity index (χ1) is 13.7. The minimum atomic E-state index is 0.220. The van der Waals surface area contributed by atoms with Gasteiger partial charge in [-0.1, -0.05) is 101 Å². The third kappa shape index (κ3) is 7.72. The van der Waals surface area contributed by atoms with Gasteiger partial charge in [-0.25, -0.2) is 0 Å². The number of carbonyl (C=O) groups is 1. The topological polar surface area (TPSA) is 20.3 Å². The summed E-state index contributed by atoms with van der Waals surface area (Å²) in [6.07, 6.45) is 13.0. The minimum absolute atomic E-state index is 0.220. The standard InChI is InChI=1S/C26H35NO/c1-3-5-6-7-8-12-17-26(28)27(25-20-18-23(4-2)19-21-25)22-13-16-24-14-10-9-11-15-24/h9-11,13-16,18-21H,3-8,12,17,22H2,1-2H3/b16-13+. The first-order valence-corrected chi connectivity index (χ1v) is 10.9. The van der Waals surface area contributed by atoms with E-state index >= 15 is 0 Å². The van der Waals surface area contributed by atoms with E-state index in [0.29, 0.717) is 13.0 Å². The van der Waals surface area contributed by atoms with Crippen molar-refractivity contribution in [1.29, 1.82) is 0 Å². The summed E-state index contributed by atoms with van der Waals surface area (Å²) in [5, 5.41) is 0. The molecule has 1 amide bonds. The Morgan fingerprint density at radius 2 is 1.54 bits per heavy atom. The second-order valence-corrected chi connectivity index (χ2v) is 7.36. The van der Waals surface area contributed by atoms with Gasteiger partial charge in [0.2, 0.25) is 5.91 Å². The van der Waals surface area contributed by atoms with Crippen LogP contribution in [0.5, 0.6) is 0 Å². The zero-order valence-corrected chi connectivity index (χ0v) is 17.6. The number of rotatable bonds is 12. The van der Waals surface area contributed by atoms with Crippen molar-refractivity contribution in [2.75, 3.05) is 11.4 Å². The summed E-state index contributed by atoms with van der Waals surface area (Å²) >= 11 is 0. The number of hydrogen-bond acceptors (Lipinski definition) is 1. The van der Waals surface area contributed by atoms with Crippen LogP contribution in [0.15, 0.2) is 60.7 Å². The van der Waals surface area contributed by atoms with Crippen LogP contribution in [-0.4, -0.2) is 12.5 Å². The summed E-state index contributed by atoms with van der Waals surface area (Å²) in [7, 11) is 0. The largest absolute Gasteiger partial charge is 0.309 e. The van der Waals surface area contributed by atoms with Crippen LogP contribution in [0, 0.1) is 0 Å². The predicted octanol–water partition coefficient (Wildman–Crippen LogP) is 7.05. The normalized spacial score (nSPS) is 11.1. The Hall–Kier alpha value is -2.35. The molecule has 150 valence electrons. The summed E-state index contributed by atoms with van der Waals surface area (Å²) in [6.45, 7) is 4.99. The highest BCUT2D eigenvalue weighted by Gasteiger charge is 2.14. The van der Waals surface area contributed by atoms with Gasteiger partial charge >= 0.3 is 0 Å². The monoisotopic (exact) mass is 377 g/mol. The van der Waals surface area contributed by atoms with Crippen LogP contribution in [0.1, 0.15) is 69.9 Å². The van der Waals surface area contributed by atoms with Gasteiger partial charge in [0.15, 0.2) is 0 Å². The van der Waals surface area contributed by atoms with Crippen LogP contribution in [0.4, 0.5) is 5.69 Å². The number of carbonyl (C=O) groups excluding carboxylic acids is 1. The van der Waals surface area contributed by atoms with Crippen molar-refractivity contribution in [1.82, 2.24) is 0 Å². The fraction of sp³-hybridized carbons (Fsp3) is 0.423. The molecule has 0 unspecified atom stereocenters. The summed E-state index contributed by atoms with van der Waals surface area (Å²) < 4.78 is 0. The van der Waals surface area contributed by atoms with Gasteiger partial charge in [0, 0.05) is 18.7 Å². The zero-order valence-electron chi connectivity index (χ0n) is 17.6. The molecule has 2 aromatic carbocycles. The quantitative estimate of drug-likeness (QED) is 0.363. The van der Waals surface area contributed by atoms with Gasteiger partial charge in [0.05, 0.1) is 0 Å². The molecule has 0 spiro atoms. The number of nitrogens with zero attached hydrogens (tertiary/aromatic N) is 1. The number of benzene rings is 2. The maximum Gasteiger partial charge on any atom is 0.227 e. The smallest absolute Gasteiger partial charge is 0.227 e. The van der Waals surface area contributed by atoms with E-state index in [-0.39, 0.29) is 5.91 Å². The lowest BCUT2D eigenvalue weighted by Gasteiger charge is -2.22. The van der Waals surface area contributed by atoms with Crippen molar-refractivity contribution < 1.29 is 4.79 Å². The molecule has 2 aromatic rings. The number of amides is 1. The van der Waals surface area contributed by atoms with Crippen molar-refractivity contribution in [3.8, 4) is 0 Å². The van der Waals surface area contributed by atoms with Crippen molar-refractivity contribution in [3.05, 3.63) is 71.8 Å². The first-order valence-electron chi connectivity index (χ1n) is 10.9. The van der Waals surface area contributed by atoms with E-state index < -0.39 is 0 Å². The van der Waals surface area contributed by atoms with Crippen molar-refractivity contribution >= 4 is 17.7 Å². The fourth-order valence-electron chi connectivity index (χ4n) is 3.31. The van der Waals surface area contributed by atoms with E-state index in [1.807, 2.05) is 23.1 Å². The third-order valence-corrected chi connectivity index (χ3v) is 5.10. The molecule has 28 heavy (non-hydrogen) atoms. The molecule has 0 aliphatic rings. The molecule has 0 saturated carbocycles. The molecule has 0 aliphatic carbocycles. The highest BCUT2D eigenvalue weighted by molar-refractivity contribution is 5.93. The number of unbranched alkanes of at least 4 members (excludes halogenated alkanes) is 5. The maximum absolute atomic E-state index is 12.9. The molecular formula is C26H35NO. The van der Waals surface area contributed by atoms with Crippen molar-refractivity contribution in [3.63, 3.8) is 0 Å². The summed E-state index contributed by atoms with van der Waals surface area (Å²) in [5.74, 6) is 0.220.